The van der Waals surface area contributed by atoms with Crippen LogP contribution in [0.4, 0.5) is 23.7 Å². The molecule has 0 aromatic heterocycles. The average Bonchev–Trinajstić information content (AvgIpc) is 3.16. The van der Waals surface area contributed by atoms with Crippen LogP contribution in [-0.2, 0) is 20.7 Å². The van der Waals surface area contributed by atoms with Crippen LogP contribution in [0.25, 0.3) is 0 Å². The van der Waals surface area contributed by atoms with Crippen molar-refractivity contribution in [3.8, 4) is 0 Å². The van der Waals surface area contributed by atoms with Crippen molar-refractivity contribution in [1.82, 2.24) is 10.6 Å². The molecule has 1 unspecified atom stereocenters. The molecule has 2 aliphatic rings. The van der Waals surface area contributed by atoms with Crippen molar-refractivity contribution in [2.45, 2.75) is 63.9 Å². The number of carbonyl (C=O) groups is 3. The maximum absolute atomic E-state index is 12.7. The summed E-state index contributed by atoms with van der Waals surface area (Å²) in [7, 11) is 0. The molecule has 1 fully saturated rings. The van der Waals surface area contributed by atoms with Gasteiger partial charge in [0.05, 0.1) is 6.04 Å². The Bertz CT molecular complexity index is 864. The Morgan fingerprint density at radius 1 is 1.10 bits per heavy atom. The average molecular weight is 427 g/mol. The molecule has 0 radical (unpaired) electrons. The summed E-state index contributed by atoms with van der Waals surface area (Å²) in [6.45, 7) is 5.57. The van der Waals surface area contributed by atoms with E-state index in [0.717, 1.165) is 5.56 Å². The lowest BCUT2D eigenvalue weighted by atomic mass is 10.1. The van der Waals surface area contributed by atoms with Gasteiger partial charge in [-0.05, 0) is 63.3 Å². The minimum Gasteiger partial charge on any atom is -0.444 e. The fraction of sp³-hybridized carbons (Fsp3) is 0.550. The van der Waals surface area contributed by atoms with Gasteiger partial charge in [-0.2, -0.15) is 13.2 Å². The molecule has 0 bridgehead atoms. The van der Waals surface area contributed by atoms with E-state index < -0.39 is 35.9 Å². The second-order valence-corrected chi connectivity index (χ2v) is 8.42. The summed E-state index contributed by atoms with van der Waals surface area (Å²) < 4.78 is 42.7. The van der Waals surface area contributed by atoms with Gasteiger partial charge in [-0.25, -0.2) is 4.79 Å². The Balaban J connectivity index is 1.66. The highest BCUT2D eigenvalue weighted by atomic mass is 19.4. The van der Waals surface area contributed by atoms with Crippen LogP contribution >= 0.6 is 0 Å². The molecule has 2 atom stereocenters. The van der Waals surface area contributed by atoms with Gasteiger partial charge in [0.2, 0.25) is 5.91 Å². The highest BCUT2D eigenvalue weighted by molar-refractivity contribution is 6.01. The summed E-state index contributed by atoms with van der Waals surface area (Å²) >= 11 is 0. The Morgan fingerprint density at radius 3 is 2.43 bits per heavy atom. The first-order chi connectivity index (χ1) is 13.8. The lowest BCUT2D eigenvalue weighted by molar-refractivity contribution is -0.174. The number of nitrogens with zero attached hydrogens (tertiary/aromatic N) is 1. The van der Waals surface area contributed by atoms with E-state index in [-0.39, 0.29) is 5.91 Å². The Labute approximate surface area is 171 Å². The van der Waals surface area contributed by atoms with Crippen LogP contribution in [0.2, 0.25) is 0 Å². The van der Waals surface area contributed by atoms with E-state index in [4.69, 9.17) is 4.74 Å². The first-order valence-corrected chi connectivity index (χ1v) is 9.66. The van der Waals surface area contributed by atoms with E-state index in [1.807, 2.05) is 5.32 Å². The molecule has 1 aliphatic heterocycles. The molecule has 3 amide bonds. The number of fused-ring (bicyclic) bond motifs is 1. The third kappa shape index (κ3) is 4.85. The molecule has 10 heteroatoms. The molecule has 3 rings (SSSR count). The number of hydrogen-bond donors (Lipinski definition) is 2. The first-order valence-electron chi connectivity index (χ1n) is 9.66. The van der Waals surface area contributed by atoms with Gasteiger partial charge in [-0.1, -0.05) is 6.07 Å². The summed E-state index contributed by atoms with van der Waals surface area (Å²) in [4.78, 5) is 37.4. The second-order valence-electron chi connectivity index (χ2n) is 8.42. The fourth-order valence-corrected chi connectivity index (χ4v) is 3.68. The number of aryl methyl sites for hydroxylation is 1. The number of alkyl carbamates (subject to hydrolysis) is 1. The van der Waals surface area contributed by atoms with Crippen molar-refractivity contribution >= 4 is 23.6 Å². The van der Waals surface area contributed by atoms with E-state index in [1.54, 1.807) is 39.0 Å². The molecule has 1 aromatic carbocycles. The molecular weight excluding hydrogens is 403 g/mol. The topological polar surface area (TPSA) is 87.7 Å². The van der Waals surface area contributed by atoms with Crippen LogP contribution in [0, 0.1) is 0 Å². The standard InChI is InChI=1S/C20H24F3N3O4/c1-19(2,3)30-18(29)25-15-8-9-26(16(15)27)12-5-6-13-11(10-12)4-7-14(13)24-17(28)20(21,22)23/h5-6,10,14-15H,4,7-9H2,1-3H3,(H,24,28)(H,25,29)/t14?,15-/m0/s1. The zero-order valence-corrected chi connectivity index (χ0v) is 16.9. The summed E-state index contributed by atoms with van der Waals surface area (Å²) in [5.41, 5.74) is 1.33. The number of anilines is 1. The minimum absolute atomic E-state index is 0.277. The molecule has 0 spiro atoms. The quantitative estimate of drug-likeness (QED) is 0.777. The van der Waals surface area contributed by atoms with Gasteiger partial charge in [0.25, 0.3) is 0 Å². The molecule has 0 saturated carbocycles. The maximum Gasteiger partial charge on any atom is 0.471 e. The van der Waals surface area contributed by atoms with Gasteiger partial charge < -0.3 is 20.3 Å². The smallest absolute Gasteiger partial charge is 0.444 e. The van der Waals surface area contributed by atoms with Crippen molar-refractivity contribution in [2.24, 2.45) is 0 Å². The molecule has 164 valence electrons. The van der Waals surface area contributed by atoms with E-state index in [9.17, 15) is 27.6 Å². The van der Waals surface area contributed by atoms with E-state index >= 15 is 0 Å². The summed E-state index contributed by atoms with van der Waals surface area (Å²) in [6, 6.07) is 3.62. The largest absolute Gasteiger partial charge is 0.471 e. The summed E-state index contributed by atoms with van der Waals surface area (Å²) in [6.07, 6.45) is -4.33. The predicted octanol–water partition coefficient (Wildman–Crippen LogP) is 2.98. The van der Waals surface area contributed by atoms with Crippen LogP contribution in [0.3, 0.4) is 0 Å². The highest BCUT2D eigenvalue weighted by Gasteiger charge is 2.41. The minimum atomic E-state index is -4.93. The van der Waals surface area contributed by atoms with Crippen molar-refractivity contribution in [2.75, 3.05) is 11.4 Å². The Morgan fingerprint density at radius 2 is 1.80 bits per heavy atom. The lowest BCUT2D eigenvalue weighted by Crippen LogP contribution is -2.43. The summed E-state index contributed by atoms with van der Waals surface area (Å²) in [5.74, 6) is -2.24. The van der Waals surface area contributed by atoms with Crippen LogP contribution in [0.5, 0.6) is 0 Å². The molecule has 2 N–H and O–H groups in total. The molecular formula is C20H24F3N3O4. The van der Waals surface area contributed by atoms with Crippen LogP contribution in [-0.4, -0.2) is 42.3 Å². The van der Waals surface area contributed by atoms with Crippen LogP contribution in [0.1, 0.15) is 50.8 Å². The number of amides is 3. The monoisotopic (exact) mass is 427 g/mol. The van der Waals surface area contributed by atoms with E-state index in [2.05, 4.69) is 5.32 Å². The first kappa shape index (κ1) is 21.9. The zero-order valence-electron chi connectivity index (χ0n) is 16.9. The third-order valence-corrected chi connectivity index (χ3v) is 4.98. The molecule has 30 heavy (non-hydrogen) atoms. The second kappa shape index (κ2) is 7.81. The van der Waals surface area contributed by atoms with Gasteiger partial charge in [0, 0.05) is 12.2 Å². The predicted molar refractivity (Wildman–Crippen MR) is 102 cm³/mol. The van der Waals surface area contributed by atoms with Gasteiger partial charge in [-0.3, -0.25) is 9.59 Å². The van der Waals surface area contributed by atoms with Gasteiger partial charge in [0.1, 0.15) is 11.6 Å². The number of halogens is 3. The SMILES string of the molecule is CC(C)(C)OC(=O)N[C@H]1CCN(c2ccc3c(c2)CCC3NC(=O)C(F)(F)F)C1=O. The van der Waals surface area contributed by atoms with Crippen LogP contribution < -0.4 is 15.5 Å². The normalized spacial score (nSPS) is 21.4. The zero-order chi connectivity index (χ0) is 22.3. The van der Waals surface area contributed by atoms with Crippen LogP contribution in [0.15, 0.2) is 18.2 Å². The molecule has 1 aliphatic carbocycles. The summed E-state index contributed by atoms with van der Waals surface area (Å²) in [5, 5.41) is 4.59. The highest BCUT2D eigenvalue weighted by Crippen LogP contribution is 2.35. The van der Waals surface area contributed by atoms with Crippen molar-refractivity contribution in [3.63, 3.8) is 0 Å². The number of ether oxygens (including phenoxy) is 1. The number of alkyl halides is 3. The molecule has 1 heterocycles. The third-order valence-electron chi connectivity index (χ3n) is 4.98. The van der Waals surface area contributed by atoms with Crippen molar-refractivity contribution in [1.29, 1.82) is 0 Å². The number of benzene rings is 1. The Hall–Kier alpha value is -2.78. The Kier molecular flexibility index (Phi) is 5.70. The number of nitrogens with one attached hydrogen (secondary N) is 2. The van der Waals surface area contributed by atoms with Crippen molar-refractivity contribution in [3.05, 3.63) is 29.3 Å². The number of carbonyl (C=O) groups excluding carboxylic acids is 3. The molecule has 1 saturated heterocycles. The van der Waals surface area contributed by atoms with Gasteiger partial charge in [0.15, 0.2) is 0 Å². The van der Waals surface area contributed by atoms with Gasteiger partial charge >= 0.3 is 18.2 Å². The lowest BCUT2D eigenvalue weighted by Gasteiger charge is -2.22. The number of hydrogen-bond acceptors (Lipinski definition) is 4. The van der Waals surface area contributed by atoms with E-state index in [0.29, 0.717) is 37.1 Å². The van der Waals surface area contributed by atoms with Gasteiger partial charge in [-0.15, -0.1) is 0 Å². The fourth-order valence-electron chi connectivity index (χ4n) is 3.68. The van der Waals surface area contributed by atoms with Crippen molar-refractivity contribution < 1.29 is 32.3 Å². The maximum atomic E-state index is 12.7. The number of rotatable bonds is 3. The molecule has 1 aromatic rings. The van der Waals surface area contributed by atoms with E-state index in [1.165, 1.54) is 4.90 Å². The molecule has 7 nitrogen and oxygen atoms in total.